The summed E-state index contributed by atoms with van der Waals surface area (Å²) in [6, 6.07) is 139. The molecule has 19 heteroatoms. The van der Waals surface area contributed by atoms with Gasteiger partial charge in [-0.25, -0.2) is 74.8 Å². The van der Waals surface area contributed by atoms with Gasteiger partial charge in [-0.3, -0.25) is 0 Å². The Kier molecular flexibility index (Phi) is 19.8. The van der Waals surface area contributed by atoms with Crippen molar-refractivity contribution in [3.8, 4) is 205 Å². The van der Waals surface area contributed by atoms with Crippen LogP contribution in [0.15, 0.2) is 406 Å². The van der Waals surface area contributed by atoms with Crippen LogP contribution in [0.3, 0.4) is 0 Å². The van der Waals surface area contributed by atoms with Crippen molar-refractivity contribution in [1.29, 1.82) is 10.5 Å². The molecule has 0 aliphatic heterocycles. The maximum Gasteiger partial charge on any atom is 0.165 e. The van der Waals surface area contributed by atoms with Crippen LogP contribution >= 0.6 is 0 Å². The maximum atomic E-state index is 11.8. The predicted molar refractivity (Wildman–Crippen MR) is 518 cm³/mol. The summed E-state index contributed by atoms with van der Waals surface area (Å²) in [5, 5.41) is 26.5. The van der Waals surface area contributed by atoms with E-state index >= 15 is 0 Å². The molecule has 0 unspecified atom stereocenters. The first-order chi connectivity index (χ1) is 65.3. The third-order valence-corrected chi connectivity index (χ3v) is 23.5. The van der Waals surface area contributed by atoms with E-state index in [1.807, 2.05) is 334 Å². The average molecular weight is 1690 g/mol. The monoisotopic (exact) mass is 1690 g/mol. The summed E-state index contributed by atoms with van der Waals surface area (Å²) < 4.78 is 4.40. The van der Waals surface area contributed by atoms with Gasteiger partial charge in [0.1, 0.15) is 0 Å². The number of hydrogen-bond donors (Lipinski definition) is 0. The number of nitriles is 2. The summed E-state index contributed by atoms with van der Waals surface area (Å²) in [7, 11) is 0. The van der Waals surface area contributed by atoms with E-state index in [0.29, 0.717) is 126 Å². The Morgan fingerprint density at radius 2 is 0.364 bits per heavy atom. The minimum Gasteiger partial charge on any atom is -0.309 e. The van der Waals surface area contributed by atoms with Crippen LogP contribution in [0.4, 0.5) is 0 Å². The Bertz CT molecular complexity index is 7910. The second kappa shape index (κ2) is 33.6. The highest BCUT2D eigenvalue weighted by atomic mass is 15.1. The number of rotatable bonds is 18. The lowest BCUT2D eigenvalue weighted by Gasteiger charge is -2.16. The van der Waals surface area contributed by atoms with E-state index in [9.17, 15) is 10.5 Å². The van der Waals surface area contributed by atoms with Crippen molar-refractivity contribution in [3.05, 3.63) is 418 Å². The van der Waals surface area contributed by atoms with Crippen LogP contribution in [-0.2, 0) is 0 Å². The number of fused-ring (bicyclic) bond motifs is 6. The van der Waals surface area contributed by atoms with Crippen LogP contribution in [0.5, 0.6) is 0 Å². The highest BCUT2D eigenvalue weighted by Crippen LogP contribution is 2.44. The van der Waals surface area contributed by atoms with Gasteiger partial charge < -0.3 is 9.13 Å². The summed E-state index contributed by atoms with van der Waals surface area (Å²) in [6.07, 6.45) is 0. The Morgan fingerprint density at radius 3 is 0.629 bits per heavy atom. The molecule has 0 radical (unpaired) electrons. The third kappa shape index (κ3) is 14.8. The molecule has 23 aromatic rings. The van der Waals surface area contributed by atoms with Crippen LogP contribution in [0.2, 0.25) is 0 Å². The molecular formula is C113H67N19. The van der Waals surface area contributed by atoms with E-state index in [0.717, 1.165) is 116 Å². The Morgan fingerprint density at radius 1 is 0.152 bits per heavy atom. The van der Waals surface area contributed by atoms with Crippen LogP contribution in [0, 0.1) is 22.7 Å². The molecule has 0 atom stereocenters. The first kappa shape index (κ1) is 77.9. The van der Waals surface area contributed by atoms with Gasteiger partial charge in [-0.1, -0.05) is 291 Å². The molecule has 7 heterocycles. The molecule has 7 aromatic heterocycles. The fourth-order valence-corrected chi connectivity index (χ4v) is 17.1. The number of benzene rings is 16. The molecule has 614 valence electrons. The van der Waals surface area contributed by atoms with Gasteiger partial charge in [0, 0.05) is 122 Å². The predicted octanol–water partition coefficient (Wildman–Crippen LogP) is 25.2. The van der Waals surface area contributed by atoms with E-state index in [-0.39, 0.29) is 5.82 Å². The van der Waals surface area contributed by atoms with Gasteiger partial charge in [-0.05, 0) is 121 Å². The molecule has 0 bridgehead atoms. The second-order valence-corrected chi connectivity index (χ2v) is 31.7. The molecule has 0 fully saturated rings. The topological polar surface area (TPSA) is 251 Å². The van der Waals surface area contributed by atoms with Crippen LogP contribution in [0.25, 0.3) is 237 Å². The summed E-state index contributed by atoms with van der Waals surface area (Å²) in [5.74, 6) is 7.08. The van der Waals surface area contributed by atoms with Crippen molar-refractivity contribution >= 4 is 43.6 Å². The first-order valence-corrected chi connectivity index (χ1v) is 42.9. The van der Waals surface area contributed by atoms with Crippen molar-refractivity contribution in [2.24, 2.45) is 0 Å². The zero-order valence-electron chi connectivity index (χ0n) is 70.2. The molecule has 16 aromatic carbocycles. The zero-order valence-corrected chi connectivity index (χ0v) is 70.2. The normalized spacial score (nSPS) is 11.3. The van der Waals surface area contributed by atoms with Crippen molar-refractivity contribution in [2.45, 2.75) is 0 Å². The van der Waals surface area contributed by atoms with Gasteiger partial charge in [0.25, 0.3) is 0 Å². The first-order valence-electron chi connectivity index (χ1n) is 42.9. The largest absolute Gasteiger partial charge is 0.309 e. The fraction of sp³-hybridized carbons (Fsp3) is 0. The Labute approximate surface area is 756 Å². The average Bonchev–Trinajstić information content (AvgIpc) is 1.57. The van der Waals surface area contributed by atoms with Gasteiger partial charge in [0.15, 0.2) is 87.4 Å². The number of aromatic nitrogens is 17. The third-order valence-electron chi connectivity index (χ3n) is 23.5. The molecule has 0 aliphatic carbocycles. The molecule has 19 nitrogen and oxygen atoms in total. The summed E-state index contributed by atoms with van der Waals surface area (Å²) in [5.41, 5.74) is 18.4. The van der Waals surface area contributed by atoms with Crippen molar-refractivity contribution in [1.82, 2.24) is 83.9 Å². The highest BCUT2D eigenvalue weighted by Gasteiger charge is 2.27. The molecular weight excluding hydrogens is 1620 g/mol. The van der Waals surface area contributed by atoms with Crippen molar-refractivity contribution in [2.75, 3.05) is 0 Å². The highest BCUT2D eigenvalue weighted by molar-refractivity contribution is 6.13. The lowest BCUT2D eigenvalue weighted by molar-refractivity contribution is 1.07. The molecule has 0 saturated carbocycles. The fourth-order valence-electron chi connectivity index (χ4n) is 17.1. The van der Waals surface area contributed by atoms with E-state index in [4.69, 9.17) is 74.8 Å². The lowest BCUT2D eigenvalue weighted by Crippen LogP contribution is -2.04. The van der Waals surface area contributed by atoms with Gasteiger partial charge in [0.05, 0.1) is 45.3 Å². The van der Waals surface area contributed by atoms with Gasteiger partial charge in [-0.15, -0.1) is 0 Å². The Hall–Kier alpha value is -18.9. The van der Waals surface area contributed by atoms with Crippen LogP contribution in [-0.4, -0.2) is 83.9 Å². The Balaban J connectivity index is 0.695. The van der Waals surface area contributed by atoms with E-state index in [1.54, 1.807) is 0 Å². The molecule has 0 spiro atoms. The molecule has 0 N–H and O–H groups in total. The quantitative estimate of drug-likeness (QED) is 0.0774. The molecule has 23 rings (SSSR count). The lowest BCUT2D eigenvalue weighted by atomic mass is 9.94. The second-order valence-electron chi connectivity index (χ2n) is 31.7. The van der Waals surface area contributed by atoms with Crippen molar-refractivity contribution < 1.29 is 0 Å². The SMILES string of the molecule is N#Cc1cc(-n2c3ccc(-c4nc(-c5ccccc5)nc(-c5ccccc5)n4)cc3c3cc(-c4nc(-c5ccccc5)nc(-c5ccccc5)n4)ccc32)ccc1-c1nc(-c2ccccc2)nc(-c2ccc(-n3c4ccc(-c5nc(-c6ccccc6)nc(-c6ccccc6)n5)cc4c4cc(-c5nc(-c6ccccc6)nc(-c6ccccc6)n5)ccc43)cc2-c2ccccc2C#N)n1. The van der Waals surface area contributed by atoms with Gasteiger partial charge >= 0.3 is 0 Å². The zero-order chi connectivity index (χ0) is 88.0. The van der Waals surface area contributed by atoms with E-state index in [1.165, 1.54) is 0 Å². The van der Waals surface area contributed by atoms with E-state index < -0.39 is 0 Å². The number of nitrogens with zero attached hydrogens (tertiary/aromatic N) is 19. The maximum absolute atomic E-state index is 11.8. The summed E-state index contributed by atoms with van der Waals surface area (Å²) >= 11 is 0. The molecule has 132 heavy (non-hydrogen) atoms. The number of hydrogen-bond acceptors (Lipinski definition) is 17. The smallest absolute Gasteiger partial charge is 0.165 e. The van der Waals surface area contributed by atoms with Gasteiger partial charge in [0.2, 0.25) is 0 Å². The minimum absolute atomic E-state index is 0.246. The summed E-state index contributed by atoms with van der Waals surface area (Å²) in [6.45, 7) is 0. The van der Waals surface area contributed by atoms with Gasteiger partial charge in [-0.2, -0.15) is 10.5 Å². The van der Waals surface area contributed by atoms with Crippen LogP contribution < -0.4 is 0 Å². The van der Waals surface area contributed by atoms with Crippen LogP contribution in [0.1, 0.15) is 11.1 Å². The standard InChI is InChI=1S/C113H67N19/c114-68-83-48-28-29-49-87(83)90-67-86(132-97-60-52-81(110-124-103(74-38-18-5-19-39-74)118-104(125-110)75-40-20-6-21-41-75)65-93(97)94-66-82(53-61-98(94)132)111-126-105(76-42-22-7-23-43-76)119-106(127-111)77-44-24-8-25-45-77)55-57-89(90)113-129-107(78-46-26-9-27-47-78)128-112(130-113)88-56-54-85(62-84(88)69-115)131-95-58-50-79(108-120-99(70-30-10-1-11-31-70)116-100(121-108)71-32-12-2-13-33-71)63-91(95)92-64-80(51-59-96(92)131)109-122-101(72-34-14-3-15-35-72)117-102(123-109)73-36-16-4-17-37-73/h1-67H. The molecule has 0 saturated heterocycles. The molecule has 0 aliphatic rings. The minimum atomic E-state index is 0.246. The summed E-state index contributed by atoms with van der Waals surface area (Å²) in [4.78, 5) is 77.9. The van der Waals surface area contributed by atoms with Crippen molar-refractivity contribution in [3.63, 3.8) is 0 Å². The molecule has 0 amide bonds. The van der Waals surface area contributed by atoms with E-state index in [2.05, 4.69) is 94.1 Å².